The summed E-state index contributed by atoms with van der Waals surface area (Å²) in [5.41, 5.74) is 9.54. The number of hydrogen-bond donors (Lipinski definition) is 4. The monoisotopic (exact) mass is 628 g/mol. The molecule has 1 saturated heterocycles. The summed E-state index contributed by atoms with van der Waals surface area (Å²) < 4.78 is 36.1. The topological polar surface area (TPSA) is 189 Å². The third kappa shape index (κ3) is 8.06. The van der Waals surface area contributed by atoms with Crippen molar-refractivity contribution in [3.05, 3.63) is 42.5 Å². The van der Waals surface area contributed by atoms with Crippen molar-refractivity contribution in [1.82, 2.24) is 14.5 Å². The number of amides is 2. The molecule has 12 nitrogen and oxygen atoms in total. The summed E-state index contributed by atoms with van der Waals surface area (Å²) >= 11 is 0. The second-order valence-corrected chi connectivity index (χ2v) is 13.6. The summed E-state index contributed by atoms with van der Waals surface area (Å²) in [5.74, 6) is -2.58. The number of hydrogen-bond acceptors (Lipinski definition) is 7. The number of esters is 1. The van der Waals surface area contributed by atoms with E-state index in [1.807, 2.05) is 12.1 Å². The molecule has 6 N–H and O–H groups in total. The second kappa shape index (κ2) is 14.4. The van der Waals surface area contributed by atoms with Crippen LogP contribution in [0.5, 0.6) is 0 Å². The van der Waals surface area contributed by atoms with Crippen molar-refractivity contribution in [2.75, 3.05) is 26.2 Å². The number of rotatable bonds is 12. The van der Waals surface area contributed by atoms with E-state index in [1.165, 1.54) is 17.0 Å². The zero-order valence-electron chi connectivity index (χ0n) is 25.3. The largest absolute Gasteiger partial charge is 0.465 e. The van der Waals surface area contributed by atoms with Gasteiger partial charge in [-0.2, -0.15) is 4.72 Å². The number of likely N-dealkylation sites (tertiary alicyclic amines) is 1. The number of nitrogens with one attached hydrogen (secondary N) is 2. The predicted molar refractivity (Wildman–Crippen MR) is 167 cm³/mol. The lowest BCUT2D eigenvalue weighted by molar-refractivity contribution is -0.154. The minimum Gasteiger partial charge on any atom is -0.465 e. The normalized spacial score (nSPS) is 19.2. The maximum Gasteiger partial charge on any atom is 0.325 e. The highest BCUT2D eigenvalue weighted by Gasteiger charge is 2.49. The number of fused-ring (bicyclic) bond motifs is 1. The van der Waals surface area contributed by atoms with Gasteiger partial charge in [-0.25, -0.2) is 8.42 Å². The summed E-state index contributed by atoms with van der Waals surface area (Å²) in [6.07, 6.45) is 4.56. The van der Waals surface area contributed by atoms with E-state index in [-0.39, 0.29) is 42.4 Å². The number of benzene rings is 2. The van der Waals surface area contributed by atoms with Crippen LogP contribution in [-0.2, 0) is 29.1 Å². The number of carbonyl (C=O) groups is 3. The van der Waals surface area contributed by atoms with E-state index in [4.69, 9.17) is 21.6 Å². The van der Waals surface area contributed by atoms with Gasteiger partial charge < -0.3 is 26.0 Å². The fourth-order valence-corrected chi connectivity index (χ4v) is 8.03. The van der Waals surface area contributed by atoms with Crippen LogP contribution < -0.4 is 16.2 Å². The molecule has 4 rings (SSSR count). The molecule has 1 unspecified atom stereocenters. The van der Waals surface area contributed by atoms with E-state index < -0.39 is 39.8 Å². The highest BCUT2D eigenvalue weighted by molar-refractivity contribution is 7.89. The molecule has 1 heterocycles. The molecule has 240 valence electrons. The standard InChI is InChI=1S/C31H44N6O6S/c1-2-43-28(39)21-37(25-12-4-3-5-13-25)29(40)31(19-27(32)38,18-22-9-8-16-36(20-22)30(33)34)35-44(41,42)26-15-14-23-10-6-7-11-24(23)17-26/h6-7,10-11,14-15,17,22,25,35H,2-5,8-9,12-13,16,18-21H2,1H3,(H2,32,38)(H3,33,34)/t22?,31-/m0/s1. The van der Waals surface area contributed by atoms with Gasteiger partial charge in [0.15, 0.2) is 5.96 Å². The molecule has 2 atom stereocenters. The molecule has 13 heteroatoms. The highest BCUT2D eigenvalue weighted by atomic mass is 32.2. The molecule has 2 fully saturated rings. The summed E-state index contributed by atoms with van der Waals surface area (Å²) in [6, 6.07) is 11.6. The van der Waals surface area contributed by atoms with Crippen molar-refractivity contribution in [3.8, 4) is 0 Å². The van der Waals surface area contributed by atoms with Crippen LogP contribution in [0.25, 0.3) is 10.8 Å². The van der Waals surface area contributed by atoms with Gasteiger partial charge in [-0.1, -0.05) is 49.6 Å². The number of ether oxygens (including phenoxy) is 1. The summed E-state index contributed by atoms with van der Waals surface area (Å²) in [5, 5.41) is 9.48. The van der Waals surface area contributed by atoms with E-state index in [9.17, 15) is 22.8 Å². The average molecular weight is 629 g/mol. The van der Waals surface area contributed by atoms with Crippen LogP contribution in [-0.4, -0.2) is 79.8 Å². The first-order valence-corrected chi connectivity index (χ1v) is 16.8. The van der Waals surface area contributed by atoms with E-state index >= 15 is 0 Å². The first-order valence-electron chi connectivity index (χ1n) is 15.3. The Bertz CT molecular complexity index is 1480. The highest BCUT2D eigenvalue weighted by Crippen LogP contribution is 2.34. The first-order chi connectivity index (χ1) is 20.9. The van der Waals surface area contributed by atoms with Crippen molar-refractivity contribution in [2.24, 2.45) is 17.4 Å². The van der Waals surface area contributed by atoms with E-state index in [1.54, 1.807) is 30.0 Å². The molecule has 2 aliphatic rings. The average Bonchev–Trinajstić information content (AvgIpc) is 2.99. The van der Waals surface area contributed by atoms with Crippen molar-refractivity contribution in [3.63, 3.8) is 0 Å². The zero-order chi connectivity index (χ0) is 31.9. The van der Waals surface area contributed by atoms with Crippen molar-refractivity contribution in [2.45, 2.75) is 81.2 Å². The van der Waals surface area contributed by atoms with Gasteiger partial charge in [-0.3, -0.25) is 19.8 Å². The molecule has 1 aliphatic heterocycles. The van der Waals surface area contributed by atoms with E-state index in [2.05, 4.69) is 4.72 Å². The molecule has 0 bridgehead atoms. The minimum absolute atomic E-state index is 0.0681. The zero-order valence-corrected chi connectivity index (χ0v) is 26.1. The molecule has 0 radical (unpaired) electrons. The quantitative estimate of drug-likeness (QED) is 0.157. The van der Waals surface area contributed by atoms with Crippen LogP contribution in [0, 0.1) is 11.3 Å². The Kier molecular flexibility index (Phi) is 10.8. The number of nitrogens with zero attached hydrogens (tertiary/aromatic N) is 2. The molecular weight excluding hydrogens is 584 g/mol. The molecule has 1 aliphatic carbocycles. The number of guanidine groups is 1. The molecule has 0 spiro atoms. The Hall–Kier alpha value is -3.71. The van der Waals surface area contributed by atoms with Crippen LogP contribution in [0.4, 0.5) is 0 Å². The fourth-order valence-electron chi connectivity index (χ4n) is 6.63. The molecule has 44 heavy (non-hydrogen) atoms. The number of nitrogens with two attached hydrogens (primary N) is 2. The lowest BCUT2D eigenvalue weighted by Crippen LogP contribution is -2.64. The maximum absolute atomic E-state index is 14.9. The maximum atomic E-state index is 14.9. The van der Waals surface area contributed by atoms with Gasteiger partial charge in [0, 0.05) is 19.1 Å². The lowest BCUT2D eigenvalue weighted by Gasteiger charge is -2.44. The Labute approximate surface area is 259 Å². The van der Waals surface area contributed by atoms with Crippen LogP contribution in [0.2, 0.25) is 0 Å². The lowest BCUT2D eigenvalue weighted by atomic mass is 9.79. The van der Waals surface area contributed by atoms with Gasteiger partial charge in [0.25, 0.3) is 0 Å². The summed E-state index contributed by atoms with van der Waals surface area (Å²) in [7, 11) is -4.39. The molecule has 2 aromatic carbocycles. The van der Waals surface area contributed by atoms with Gasteiger partial charge >= 0.3 is 5.97 Å². The van der Waals surface area contributed by atoms with E-state index in [0.29, 0.717) is 44.2 Å². The summed E-state index contributed by atoms with van der Waals surface area (Å²) in [4.78, 5) is 43.4. The van der Waals surface area contributed by atoms with Crippen molar-refractivity contribution in [1.29, 1.82) is 5.41 Å². The Morgan fingerprint density at radius 2 is 1.75 bits per heavy atom. The SMILES string of the molecule is CCOC(=O)CN(C(=O)[C@@](CC(N)=O)(CC1CCCN(C(=N)N)C1)NS(=O)(=O)c1ccc2ccccc2c1)C1CCCCC1. The van der Waals surface area contributed by atoms with Crippen LogP contribution >= 0.6 is 0 Å². The van der Waals surface area contributed by atoms with E-state index in [0.717, 1.165) is 24.6 Å². The van der Waals surface area contributed by atoms with Gasteiger partial charge in [0.2, 0.25) is 21.8 Å². The van der Waals surface area contributed by atoms with Crippen molar-refractivity contribution >= 4 is 44.5 Å². The Morgan fingerprint density at radius 3 is 2.41 bits per heavy atom. The number of sulfonamides is 1. The molecule has 1 saturated carbocycles. The molecule has 0 aromatic heterocycles. The van der Waals surface area contributed by atoms with Crippen LogP contribution in [0.3, 0.4) is 0 Å². The minimum atomic E-state index is -4.39. The van der Waals surface area contributed by atoms with Gasteiger partial charge in [0.1, 0.15) is 12.1 Å². The van der Waals surface area contributed by atoms with Crippen LogP contribution in [0.15, 0.2) is 47.4 Å². The van der Waals surface area contributed by atoms with Gasteiger partial charge in [0.05, 0.1) is 17.9 Å². The molecular formula is C31H44N6O6S. The smallest absolute Gasteiger partial charge is 0.325 e. The molecule has 2 aromatic rings. The number of piperidine rings is 1. The number of primary amides is 1. The van der Waals surface area contributed by atoms with Gasteiger partial charge in [-0.05, 0) is 67.9 Å². The first kappa shape index (κ1) is 33.2. The third-order valence-electron chi connectivity index (χ3n) is 8.62. The second-order valence-electron chi connectivity index (χ2n) is 11.9. The predicted octanol–water partition coefficient (Wildman–Crippen LogP) is 2.45. The van der Waals surface area contributed by atoms with Crippen molar-refractivity contribution < 1.29 is 27.5 Å². The third-order valence-corrected chi connectivity index (χ3v) is 10.2. The Balaban J connectivity index is 1.81. The summed E-state index contributed by atoms with van der Waals surface area (Å²) in [6.45, 7) is 2.28. The Morgan fingerprint density at radius 1 is 1.05 bits per heavy atom. The molecule has 2 amide bonds. The fraction of sp³-hybridized carbons (Fsp3) is 0.548. The van der Waals surface area contributed by atoms with Crippen LogP contribution in [0.1, 0.15) is 64.7 Å². The number of carbonyl (C=O) groups excluding carboxylic acids is 3. The van der Waals surface area contributed by atoms with Gasteiger partial charge in [-0.15, -0.1) is 0 Å².